The standard InChI is InChI=1S/C26H29NO7/c1-4-20-21(5-2)25(30)27(24(20)29)34-16-18-14-19(33-15-17-10-8-7-9-11-17)12-13-22(18)23(28)26(31)32-6-3/h4-5,12-14,17H,1-2,6-11,15-16H2,3H3. The molecule has 1 heterocycles. The molecule has 1 aromatic carbocycles. The van der Waals surface area contributed by atoms with Gasteiger partial charge in [-0.05, 0) is 49.4 Å². The molecule has 1 aliphatic carbocycles. The molecule has 0 unspecified atom stereocenters. The summed E-state index contributed by atoms with van der Waals surface area (Å²) < 4.78 is 10.8. The zero-order valence-electron chi connectivity index (χ0n) is 19.3. The molecule has 2 aliphatic rings. The van der Waals surface area contributed by atoms with Crippen LogP contribution in [-0.2, 0) is 30.6 Å². The van der Waals surface area contributed by atoms with Crippen LogP contribution in [-0.4, -0.2) is 41.8 Å². The van der Waals surface area contributed by atoms with E-state index >= 15 is 0 Å². The van der Waals surface area contributed by atoms with Crippen molar-refractivity contribution >= 4 is 23.6 Å². The first-order valence-electron chi connectivity index (χ1n) is 11.4. The molecule has 0 aromatic heterocycles. The molecule has 1 fully saturated rings. The topological polar surface area (TPSA) is 99.2 Å². The quantitative estimate of drug-likeness (QED) is 0.211. The highest BCUT2D eigenvalue weighted by Crippen LogP contribution is 2.27. The highest BCUT2D eigenvalue weighted by atomic mass is 16.7. The molecule has 180 valence electrons. The van der Waals surface area contributed by atoms with E-state index in [2.05, 4.69) is 13.2 Å². The van der Waals surface area contributed by atoms with E-state index in [4.69, 9.17) is 14.3 Å². The lowest BCUT2D eigenvalue weighted by Gasteiger charge is -2.22. The number of ether oxygens (including phenoxy) is 2. The summed E-state index contributed by atoms with van der Waals surface area (Å²) in [5, 5.41) is 0.599. The van der Waals surface area contributed by atoms with Gasteiger partial charge in [0.2, 0.25) is 0 Å². The third-order valence-electron chi connectivity index (χ3n) is 5.87. The lowest BCUT2D eigenvalue weighted by molar-refractivity contribution is -0.189. The van der Waals surface area contributed by atoms with Gasteiger partial charge in [0.25, 0.3) is 17.6 Å². The fraction of sp³-hybridized carbons (Fsp3) is 0.385. The second-order valence-corrected chi connectivity index (χ2v) is 8.10. The van der Waals surface area contributed by atoms with Gasteiger partial charge in [-0.3, -0.25) is 19.2 Å². The van der Waals surface area contributed by atoms with Crippen LogP contribution in [0.1, 0.15) is 54.9 Å². The van der Waals surface area contributed by atoms with Crippen molar-refractivity contribution in [2.24, 2.45) is 5.92 Å². The summed E-state index contributed by atoms with van der Waals surface area (Å²) >= 11 is 0. The van der Waals surface area contributed by atoms with Crippen LogP contribution in [0.15, 0.2) is 54.7 Å². The maximum Gasteiger partial charge on any atom is 0.379 e. The molecular weight excluding hydrogens is 438 g/mol. The Labute approximate surface area is 198 Å². The lowest BCUT2D eigenvalue weighted by Crippen LogP contribution is -2.32. The molecule has 34 heavy (non-hydrogen) atoms. The minimum atomic E-state index is -1.00. The number of benzene rings is 1. The molecule has 2 amide bonds. The van der Waals surface area contributed by atoms with Crippen molar-refractivity contribution in [2.45, 2.75) is 45.6 Å². The van der Waals surface area contributed by atoms with Gasteiger partial charge in [0.15, 0.2) is 0 Å². The van der Waals surface area contributed by atoms with Crippen molar-refractivity contribution in [3.63, 3.8) is 0 Å². The van der Waals surface area contributed by atoms with E-state index in [0.717, 1.165) is 12.8 Å². The number of amides is 2. The number of hydrogen-bond donors (Lipinski definition) is 0. The number of Topliss-reactive ketones (excluding diaryl/α,β-unsaturated/α-hetero) is 1. The first-order valence-corrected chi connectivity index (χ1v) is 11.4. The molecule has 1 saturated carbocycles. The molecule has 0 atom stereocenters. The summed E-state index contributed by atoms with van der Waals surface area (Å²) in [5.74, 6) is -2.25. The second-order valence-electron chi connectivity index (χ2n) is 8.10. The zero-order valence-corrected chi connectivity index (χ0v) is 19.3. The Balaban J connectivity index is 1.80. The Morgan fingerprint density at radius 2 is 1.71 bits per heavy atom. The van der Waals surface area contributed by atoms with Crippen LogP contribution >= 0.6 is 0 Å². The van der Waals surface area contributed by atoms with Crippen LogP contribution in [0, 0.1) is 5.92 Å². The third kappa shape index (κ3) is 5.51. The Bertz CT molecular complexity index is 1000. The highest BCUT2D eigenvalue weighted by molar-refractivity contribution is 6.41. The van der Waals surface area contributed by atoms with E-state index in [1.807, 2.05) is 0 Å². The van der Waals surface area contributed by atoms with E-state index in [-0.39, 0.29) is 35.5 Å². The number of carbonyl (C=O) groups excluding carboxylic acids is 4. The van der Waals surface area contributed by atoms with Gasteiger partial charge in [-0.15, -0.1) is 5.06 Å². The third-order valence-corrected chi connectivity index (χ3v) is 5.87. The van der Waals surface area contributed by atoms with E-state index < -0.39 is 23.6 Å². The van der Waals surface area contributed by atoms with E-state index in [9.17, 15) is 19.2 Å². The van der Waals surface area contributed by atoms with Crippen LogP contribution in [0.3, 0.4) is 0 Å². The summed E-state index contributed by atoms with van der Waals surface area (Å²) in [5.41, 5.74) is 0.482. The maximum atomic E-state index is 12.6. The maximum absolute atomic E-state index is 12.6. The number of hydrogen-bond acceptors (Lipinski definition) is 7. The fourth-order valence-corrected chi connectivity index (χ4v) is 4.06. The summed E-state index contributed by atoms with van der Waals surface area (Å²) in [6, 6.07) is 4.65. The molecule has 0 saturated heterocycles. The van der Waals surface area contributed by atoms with Crippen molar-refractivity contribution in [3.8, 4) is 5.75 Å². The molecule has 0 bridgehead atoms. The van der Waals surface area contributed by atoms with Gasteiger partial charge >= 0.3 is 5.97 Å². The van der Waals surface area contributed by atoms with Crippen molar-refractivity contribution < 1.29 is 33.5 Å². The normalized spacial score (nSPS) is 16.6. The predicted octanol–water partition coefficient (Wildman–Crippen LogP) is 3.86. The molecule has 1 aromatic rings. The SMILES string of the molecule is C=CC1=C(C=C)C(=O)N(OCc2cc(OCC3CCCCC3)ccc2C(=O)C(=O)OCC)C1=O. The van der Waals surface area contributed by atoms with Crippen LogP contribution in [0.5, 0.6) is 5.75 Å². The molecular formula is C26H29NO7. The second kappa shape index (κ2) is 11.6. The molecule has 3 rings (SSSR count). The summed E-state index contributed by atoms with van der Waals surface area (Å²) in [4.78, 5) is 55.2. The zero-order chi connectivity index (χ0) is 24.7. The molecule has 0 radical (unpaired) electrons. The Hall–Kier alpha value is -3.52. The number of nitrogens with zero attached hydrogens (tertiary/aromatic N) is 1. The molecule has 1 aliphatic heterocycles. The summed E-state index contributed by atoms with van der Waals surface area (Å²) in [7, 11) is 0. The van der Waals surface area contributed by atoms with Crippen molar-refractivity contribution in [1.82, 2.24) is 5.06 Å². The average molecular weight is 468 g/mol. The molecule has 8 nitrogen and oxygen atoms in total. The largest absolute Gasteiger partial charge is 0.493 e. The van der Waals surface area contributed by atoms with Gasteiger partial charge < -0.3 is 9.47 Å². The Kier molecular flexibility index (Phi) is 8.54. The number of imide groups is 1. The lowest BCUT2D eigenvalue weighted by atomic mass is 9.90. The van der Waals surface area contributed by atoms with Crippen LogP contribution in [0.4, 0.5) is 0 Å². The Morgan fingerprint density at radius 3 is 2.29 bits per heavy atom. The molecule has 0 spiro atoms. The number of esters is 1. The van der Waals surface area contributed by atoms with E-state index in [1.54, 1.807) is 19.1 Å². The van der Waals surface area contributed by atoms with Crippen LogP contribution in [0.25, 0.3) is 0 Å². The van der Waals surface area contributed by atoms with Crippen LogP contribution < -0.4 is 4.74 Å². The van der Waals surface area contributed by atoms with Crippen molar-refractivity contribution in [1.29, 1.82) is 0 Å². The summed E-state index contributed by atoms with van der Waals surface area (Å²) in [6.07, 6.45) is 8.35. The molecule has 8 heteroatoms. The highest BCUT2D eigenvalue weighted by Gasteiger charge is 2.37. The fourth-order valence-electron chi connectivity index (χ4n) is 4.06. The minimum absolute atomic E-state index is 0.0448. The van der Waals surface area contributed by atoms with Gasteiger partial charge in [0, 0.05) is 5.56 Å². The summed E-state index contributed by atoms with van der Waals surface area (Å²) in [6.45, 7) is 8.97. The number of carbonyl (C=O) groups is 4. The average Bonchev–Trinajstić information content (AvgIpc) is 3.09. The first kappa shape index (κ1) is 25.1. The number of rotatable bonds is 11. The van der Waals surface area contributed by atoms with Gasteiger partial charge in [0.05, 0.1) is 24.4 Å². The predicted molar refractivity (Wildman–Crippen MR) is 124 cm³/mol. The van der Waals surface area contributed by atoms with Gasteiger partial charge in [0.1, 0.15) is 12.4 Å². The minimum Gasteiger partial charge on any atom is -0.493 e. The number of hydroxylamine groups is 2. The monoisotopic (exact) mass is 467 g/mol. The van der Waals surface area contributed by atoms with Crippen molar-refractivity contribution in [3.05, 3.63) is 65.8 Å². The number of ketones is 1. The van der Waals surface area contributed by atoms with Crippen molar-refractivity contribution in [2.75, 3.05) is 13.2 Å². The van der Waals surface area contributed by atoms with Gasteiger partial charge in [-0.2, -0.15) is 0 Å². The van der Waals surface area contributed by atoms with Crippen LogP contribution in [0.2, 0.25) is 0 Å². The first-order chi connectivity index (χ1) is 16.4. The van der Waals surface area contributed by atoms with Gasteiger partial charge in [-0.25, -0.2) is 4.79 Å². The van der Waals surface area contributed by atoms with Gasteiger partial charge in [-0.1, -0.05) is 44.6 Å². The van der Waals surface area contributed by atoms with E-state index in [0.29, 0.717) is 23.3 Å². The Morgan fingerprint density at radius 1 is 1.06 bits per heavy atom. The van der Waals surface area contributed by atoms with E-state index in [1.165, 1.54) is 37.5 Å². The molecule has 0 N–H and O–H groups in total. The smallest absolute Gasteiger partial charge is 0.379 e.